The van der Waals surface area contributed by atoms with Gasteiger partial charge in [-0.2, -0.15) is 0 Å². The molecule has 1 N–H and O–H groups in total. The number of hydrogen-bond acceptors (Lipinski definition) is 3. The van der Waals surface area contributed by atoms with Crippen LogP contribution in [0.2, 0.25) is 5.02 Å². The van der Waals surface area contributed by atoms with Gasteiger partial charge in [-0.05, 0) is 42.7 Å². The molecule has 2 atom stereocenters. The van der Waals surface area contributed by atoms with E-state index in [1.54, 1.807) is 7.11 Å². The van der Waals surface area contributed by atoms with Crippen molar-refractivity contribution in [2.45, 2.75) is 25.8 Å². The van der Waals surface area contributed by atoms with Crippen LogP contribution in [0.1, 0.15) is 30.8 Å². The maximum absolute atomic E-state index is 6.01. The van der Waals surface area contributed by atoms with Gasteiger partial charge in [-0.3, -0.25) is 0 Å². The monoisotopic (exact) mass is 291 g/mol. The summed E-state index contributed by atoms with van der Waals surface area (Å²) in [6, 6.07) is 9.63. The second-order valence-electron chi connectivity index (χ2n) is 5.32. The fourth-order valence-electron chi connectivity index (χ4n) is 2.41. The van der Waals surface area contributed by atoms with Gasteiger partial charge < -0.3 is 14.5 Å². The van der Waals surface area contributed by atoms with Crippen molar-refractivity contribution in [2.75, 3.05) is 12.4 Å². The van der Waals surface area contributed by atoms with Crippen LogP contribution in [0, 0.1) is 5.92 Å². The average Bonchev–Trinajstić information content (AvgIpc) is 3.00. The molecule has 2 unspecified atom stereocenters. The van der Waals surface area contributed by atoms with Crippen LogP contribution in [-0.2, 0) is 6.54 Å². The summed E-state index contributed by atoms with van der Waals surface area (Å²) in [6.07, 6.45) is 1.24. The Morgan fingerprint density at radius 2 is 2.15 bits per heavy atom. The molecule has 20 heavy (non-hydrogen) atoms. The predicted molar refractivity (Wildman–Crippen MR) is 80.6 cm³/mol. The van der Waals surface area contributed by atoms with Gasteiger partial charge in [0.2, 0.25) is 0 Å². The van der Waals surface area contributed by atoms with Gasteiger partial charge in [0.25, 0.3) is 0 Å². The lowest BCUT2D eigenvalue weighted by atomic mass is 10.2. The van der Waals surface area contributed by atoms with Gasteiger partial charge >= 0.3 is 0 Å². The standard InChI is InChI=1S/C16H18ClNO2/c1-10-7-13(10)15-6-4-12(20-15)9-18-14-8-11(17)3-5-16(14)19-2/h3-6,8,10,13,18H,7,9H2,1-2H3. The summed E-state index contributed by atoms with van der Waals surface area (Å²) in [7, 11) is 1.65. The molecule has 4 heteroatoms. The van der Waals surface area contributed by atoms with E-state index in [9.17, 15) is 0 Å². The first-order valence-corrected chi connectivity index (χ1v) is 7.21. The Labute approximate surface area is 123 Å². The summed E-state index contributed by atoms with van der Waals surface area (Å²) < 4.78 is 11.2. The molecule has 0 aliphatic heterocycles. The quantitative estimate of drug-likeness (QED) is 0.869. The highest BCUT2D eigenvalue weighted by molar-refractivity contribution is 6.30. The summed E-state index contributed by atoms with van der Waals surface area (Å²) in [6.45, 7) is 2.87. The Morgan fingerprint density at radius 1 is 1.35 bits per heavy atom. The number of rotatable bonds is 5. The normalized spacial score (nSPS) is 20.8. The van der Waals surface area contributed by atoms with E-state index >= 15 is 0 Å². The molecule has 0 amide bonds. The van der Waals surface area contributed by atoms with Crippen molar-refractivity contribution < 1.29 is 9.15 Å². The van der Waals surface area contributed by atoms with Crippen LogP contribution in [0.15, 0.2) is 34.7 Å². The summed E-state index contributed by atoms with van der Waals surface area (Å²) in [4.78, 5) is 0. The maximum Gasteiger partial charge on any atom is 0.142 e. The van der Waals surface area contributed by atoms with Gasteiger partial charge in [0, 0.05) is 10.9 Å². The Morgan fingerprint density at radius 3 is 2.85 bits per heavy atom. The molecule has 1 aromatic carbocycles. The van der Waals surface area contributed by atoms with Crippen LogP contribution >= 0.6 is 11.6 Å². The minimum atomic E-state index is 0.615. The SMILES string of the molecule is COc1ccc(Cl)cc1NCc1ccc(C2CC2C)o1. The molecular formula is C16H18ClNO2. The topological polar surface area (TPSA) is 34.4 Å². The Bertz CT molecular complexity index is 608. The number of furan rings is 1. The Balaban J connectivity index is 1.67. The lowest BCUT2D eigenvalue weighted by Gasteiger charge is -2.10. The van der Waals surface area contributed by atoms with E-state index in [4.69, 9.17) is 20.8 Å². The summed E-state index contributed by atoms with van der Waals surface area (Å²) in [5.74, 6) is 4.19. The number of halogens is 1. The van der Waals surface area contributed by atoms with Gasteiger partial charge in [-0.15, -0.1) is 0 Å². The van der Waals surface area contributed by atoms with Crippen molar-refractivity contribution in [3.8, 4) is 5.75 Å². The van der Waals surface area contributed by atoms with Crippen LogP contribution in [0.3, 0.4) is 0 Å². The van der Waals surface area contributed by atoms with Crippen LogP contribution in [0.4, 0.5) is 5.69 Å². The van der Waals surface area contributed by atoms with Gasteiger partial charge in [-0.25, -0.2) is 0 Å². The van der Waals surface area contributed by atoms with E-state index in [0.717, 1.165) is 28.9 Å². The molecule has 1 aliphatic carbocycles. The van der Waals surface area contributed by atoms with Gasteiger partial charge in [0.05, 0.1) is 19.3 Å². The molecule has 1 saturated carbocycles. The number of benzene rings is 1. The maximum atomic E-state index is 6.01. The molecule has 3 rings (SSSR count). The molecular weight excluding hydrogens is 274 g/mol. The summed E-state index contributed by atoms with van der Waals surface area (Å²) >= 11 is 6.01. The largest absolute Gasteiger partial charge is 0.495 e. The molecule has 3 nitrogen and oxygen atoms in total. The molecule has 1 aromatic heterocycles. The smallest absolute Gasteiger partial charge is 0.142 e. The van der Waals surface area contributed by atoms with Crippen LogP contribution in [-0.4, -0.2) is 7.11 Å². The van der Waals surface area contributed by atoms with Crippen LogP contribution in [0.25, 0.3) is 0 Å². The van der Waals surface area contributed by atoms with Gasteiger partial charge in [0.1, 0.15) is 17.3 Å². The Kier molecular flexibility index (Phi) is 3.62. The molecule has 0 bridgehead atoms. The first kappa shape index (κ1) is 13.4. The number of methoxy groups -OCH3 is 1. The third-order valence-corrected chi connectivity index (χ3v) is 4.01. The van der Waals surface area contributed by atoms with Gasteiger partial charge in [-0.1, -0.05) is 18.5 Å². The summed E-state index contributed by atoms with van der Waals surface area (Å²) in [5.41, 5.74) is 0.873. The van der Waals surface area contributed by atoms with Crippen molar-refractivity contribution in [1.82, 2.24) is 0 Å². The molecule has 106 valence electrons. The lowest BCUT2D eigenvalue weighted by molar-refractivity contribution is 0.416. The first-order valence-electron chi connectivity index (χ1n) is 6.83. The van der Waals surface area contributed by atoms with E-state index in [0.29, 0.717) is 17.5 Å². The zero-order chi connectivity index (χ0) is 14.1. The van der Waals surface area contributed by atoms with Crippen molar-refractivity contribution in [2.24, 2.45) is 5.92 Å². The van der Waals surface area contributed by atoms with Crippen molar-refractivity contribution in [1.29, 1.82) is 0 Å². The van der Waals surface area contributed by atoms with E-state index in [1.807, 2.05) is 24.3 Å². The predicted octanol–water partition coefficient (Wildman–Crippen LogP) is 4.68. The number of anilines is 1. The fraction of sp³-hybridized carbons (Fsp3) is 0.375. The molecule has 0 saturated heterocycles. The zero-order valence-electron chi connectivity index (χ0n) is 11.7. The number of hydrogen-bond donors (Lipinski definition) is 1. The lowest BCUT2D eigenvalue weighted by Crippen LogP contribution is -2.00. The third kappa shape index (κ3) is 2.78. The average molecular weight is 292 g/mol. The molecule has 0 spiro atoms. The van der Waals surface area contributed by atoms with E-state index in [-0.39, 0.29) is 0 Å². The molecule has 2 aromatic rings. The second-order valence-corrected chi connectivity index (χ2v) is 5.76. The van der Waals surface area contributed by atoms with E-state index in [1.165, 1.54) is 6.42 Å². The summed E-state index contributed by atoms with van der Waals surface area (Å²) in [5, 5.41) is 3.98. The number of nitrogens with one attached hydrogen (secondary N) is 1. The molecule has 1 fully saturated rings. The second kappa shape index (κ2) is 5.41. The van der Waals surface area contributed by atoms with E-state index < -0.39 is 0 Å². The first-order chi connectivity index (χ1) is 9.67. The molecule has 1 heterocycles. The Hall–Kier alpha value is -1.61. The minimum Gasteiger partial charge on any atom is -0.495 e. The highest BCUT2D eigenvalue weighted by Crippen LogP contribution is 2.47. The van der Waals surface area contributed by atoms with Crippen LogP contribution in [0.5, 0.6) is 5.75 Å². The van der Waals surface area contributed by atoms with Crippen molar-refractivity contribution >= 4 is 17.3 Å². The molecule has 1 aliphatic rings. The fourth-order valence-corrected chi connectivity index (χ4v) is 2.58. The third-order valence-electron chi connectivity index (χ3n) is 3.77. The van der Waals surface area contributed by atoms with Gasteiger partial charge in [0.15, 0.2) is 0 Å². The zero-order valence-corrected chi connectivity index (χ0v) is 12.4. The van der Waals surface area contributed by atoms with Crippen LogP contribution < -0.4 is 10.1 Å². The van der Waals surface area contributed by atoms with Crippen molar-refractivity contribution in [3.63, 3.8) is 0 Å². The number of ether oxygens (including phenoxy) is 1. The highest BCUT2D eigenvalue weighted by atomic mass is 35.5. The molecule has 0 radical (unpaired) electrons. The minimum absolute atomic E-state index is 0.615. The van der Waals surface area contributed by atoms with E-state index in [2.05, 4.69) is 18.3 Å². The van der Waals surface area contributed by atoms with Crippen molar-refractivity contribution in [3.05, 3.63) is 46.9 Å². The highest BCUT2D eigenvalue weighted by Gasteiger charge is 2.36.